The number of amides is 2. The highest BCUT2D eigenvalue weighted by molar-refractivity contribution is 5.95. The van der Waals surface area contributed by atoms with Gasteiger partial charge in [-0.05, 0) is 37.0 Å². The third-order valence-electron chi connectivity index (χ3n) is 5.33. The number of anilines is 1. The lowest BCUT2D eigenvalue weighted by Crippen LogP contribution is -2.43. The molecule has 1 aliphatic heterocycles. The number of rotatable bonds is 5. The Bertz CT molecular complexity index is 604. The Labute approximate surface area is 149 Å². The number of carbonyl (C=O) groups is 2. The van der Waals surface area contributed by atoms with E-state index in [4.69, 9.17) is 0 Å². The minimum absolute atomic E-state index is 0.0670. The number of hydrogen-bond acceptors (Lipinski definition) is 3. The Hall–Kier alpha value is -1.88. The van der Waals surface area contributed by atoms with Gasteiger partial charge in [0.25, 0.3) is 0 Å². The Kier molecular flexibility index (Phi) is 5.74. The fourth-order valence-electron chi connectivity index (χ4n) is 3.79. The van der Waals surface area contributed by atoms with Crippen molar-refractivity contribution in [3.8, 4) is 0 Å². The molecule has 2 N–H and O–H groups in total. The van der Waals surface area contributed by atoms with E-state index in [1.165, 1.54) is 12.8 Å². The Morgan fingerprint density at radius 3 is 2.36 bits per heavy atom. The molecule has 1 saturated carbocycles. The van der Waals surface area contributed by atoms with E-state index in [-0.39, 0.29) is 11.8 Å². The normalized spacial score (nSPS) is 20.4. The van der Waals surface area contributed by atoms with Gasteiger partial charge < -0.3 is 15.3 Å². The second-order valence-corrected chi connectivity index (χ2v) is 7.41. The maximum atomic E-state index is 12.2. The van der Waals surface area contributed by atoms with Crippen molar-refractivity contribution in [2.45, 2.75) is 63.4 Å². The molecule has 2 aliphatic rings. The van der Waals surface area contributed by atoms with E-state index >= 15 is 0 Å². The molecule has 2 amide bonds. The highest BCUT2D eigenvalue weighted by atomic mass is 16.3. The zero-order valence-electron chi connectivity index (χ0n) is 14.8. The molecule has 1 aromatic rings. The smallest absolute Gasteiger partial charge is 0.227 e. The van der Waals surface area contributed by atoms with Crippen molar-refractivity contribution in [3.05, 3.63) is 29.8 Å². The Morgan fingerprint density at radius 1 is 1.08 bits per heavy atom. The summed E-state index contributed by atoms with van der Waals surface area (Å²) in [6.45, 7) is 1.11. The van der Waals surface area contributed by atoms with Gasteiger partial charge >= 0.3 is 0 Å². The molecule has 0 radical (unpaired) electrons. The number of benzene rings is 1. The van der Waals surface area contributed by atoms with Crippen LogP contribution < -0.4 is 10.2 Å². The highest BCUT2D eigenvalue weighted by Gasteiger charge is 2.28. The first-order valence-corrected chi connectivity index (χ1v) is 9.44. The molecule has 1 aliphatic carbocycles. The molecule has 1 saturated heterocycles. The van der Waals surface area contributed by atoms with Crippen molar-refractivity contribution in [3.63, 3.8) is 0 Å². The summed E-state index contributed by atoms with van der Waals surface area (Å²) in [7, 11) is 0. The summed E-state index contributed by atoms with van der Waals surface area (Å²) in [5, 5.41) is 13.5. The highest BCUT2D eigenvalue weighted by Crippen LogP contribution is 2.26. The van der Waals surface area contributed by atoms with Crippen molar-refractivity contribution in [2.24, 2.45) is 0 Å². The first-order chi connectivity index (χ1) is 12.1. The van der Waals surface area contributed by atoms with Crippen molar-refractivity contribution in [1.82, 2.24) is 5.32 Å². The number of carbonyl (C=O) groups excluding carboxylic acids is 2. The molecule has 25 heavy (non-hydrogen) atoms. The fourth-order valence-corrected chi connectivity index (χ4v) is 3.79. The van der Waals surface area contributed by atoms with Crippen LogP contribution in [0.15, 0.2) is 24.3 Å². The third-order valence-corrected chi connectivity index (χ3v) is 5.33. The zero-order valence-corrected chi connectivity index (χ0v) is 14.8. The van der Waals surface area contributed by atoms with Gasteiger partial charge in [0.1, 0.15) is 0 Å². The molecule has 5 heteroatoms. The van der Waals surface area contributed by atoms with Gasteiger partial charge in [-0.3, -0.25) is 9.59 Å². The summed E-state index contributed by atoms with van der Waals surface area (Å²) >= 11 is 0. The Balaban J connectivity index is 1.50. The van der Waals surface area contributed by atoms with E-state index in [9.17, 15) is 14.7 Å². The summed E-state index contributed by atoms with van der Waals surface area (Å²) in [6, 6.07) is 7.62. The van der Waals surface area contributed by atoms with Gasteiger partial charge in [0.15, 0.2) is 0 Å². The second-order valence-electron chi connectivity index (χ2n) is 7.41. The molecule has 0 bridgehead atoms. The standard InChI is InChI=1S/C20H28N2O3/c23-18(21-15-20(25)11-3-1-2-4-12-20)14-16-7-9-17(10-8-16)22-13-5-6-19(22)24/h7-10,25H,1-6,11-15H2,(H,21,23). The average Bonchev–Trinajstić information content (AvgIpc) is 2.91. The molecule has 1 heterocycles. The third kappa shape index (κ3) is 4.82. The SMILES string of the molecule is O=C(Cc1ccc(N2CCCC2=O)cc1)NCC1(O)CCCCCC1. The molecule has 136 valence electrons. The molecule has 0 unspecified atom stereocenters. The predicted molar refractivity (Wildman–Crippen MR) is 97.4 cm³/mol. The van der Waals surface area contributed by atoms with Gasteiger partial charge in [-0.25, -0.2) is 0 Å². The minimum atomic E-state index is -0.744. The molecule has 5 nitrogen and oxygen atoms in total. The van der Waals surface area contributed by atoms with Crippen molar-refractivity contribution >= 4 is 17.5 Å². The van der Waals surface area contributed by atoms with Gasteiger partial charge in [-0.15, -0.1) is 0 Å². The summed E-state index contributed by atoms with van der Waals surface area (Å²) in [4.78, 5) is 25.8. The topological polar surface area (TPSA) is 69.6 Å². The van der Waals surface area contributed by atoms with Gasteiger partial charge in [-0.2, -0.15) is 0 Å². The maximum Gasteiger partial charge on any atom is 0.227 e. The van der Waals surface area contributed by atoms with Crippen LogP contribution in [0.2, 0.25) is 0 Å². The largest absolute Gasteiger partial charge is 0.388 e. The van der Waals surface area contributed by atoms with Crippen LogP contribution in [-0.4, -0.2) is 35.6 Å². The van der Waals surface area contributed by atoms with Crippen molar-refractivity contribution in [1.29, 1.82) is 0 Å². The van der Waals surface area contributed by atoms with Gasteiger partial charge in [0.2, 0.25) is 11.8 Å². The van der Waals surface area contributed by atoms with Gasteiger partial charge in [-0.1, -0.05) is 37.8 Å². The van der Waals surface area contributed by atoms with E-state index in [0.717, 1.165) is 49.9 Å². The van der Waals surface area contributed by atoms with Crippen LogP contribution in [0.1, 0.15) is 56.9 Å². The molecule has 3 rings (SSSR count). The maximum absolute atomic E-state index is 12.2. The molecule has 0 spiro atoms. The van der Waals surface area contributed by atoms with E-state index < -0.39 is 5.60 Å². The molecular weight excluding hydrogens is 316 g/mol. The fraction of sp³-hybridized carbons (Fsp3) is 0.600. The minimum Gasteiger partial charge on any atom is -0.388 e. The van der Waals surface area contributed by atoms with E-state index in [0.29, 0.717) is 19.4 Å². The van der Waals surface area contributed by atoms with Crippen molar-refractivity contribution < 1.29 is 14.7 Å². The lowest BCUT2D eigenvalue weighted by Gasteiger charge is -2.26. The summed E-state index contributed by atoms with van der Waals surface area (Å²) in [6.07, 6.45) is 7.76. The average molecular weight is 344 g/mol. The first kappa shape index (κ1) is 17.9. The number of hydrogen-bond donors (Lipinski definition) is 2. The van der Waals surface area contributed by atoms with Crippen LogP contribution in [-0.2, 0) is 16.0 Å². The van der Waals surface area contributed by atoms with E-state index in [1.54, 1.807) is 4.90 Å². The molecule has 2 fully saturated rings. The van der Waals surface area contributed by atoms with E-state index in [1.807, 2.05) is 24.3 Å². The zero-order chi connectivity index (χ0) is 17.7. The Morgan fingerprint density at radius 2 is 1.76 bits per heavy atom. The lowest BCUT2D eigenvalue weighted by atomic mass is 9.94. The van der Waals surface area contributed by atoms with Crippen LogP contribution in [0.3, 0.4) is 0 Å². The van der Waals surface area contributed by atoms with Crippen LogP contribution in [0, 0.1) is 0 Å². The molecular formula is C20H28N2O3. The molecule has 0 atom stereocenters. The first-order valence-electron chi connectivity index (χ1n) is 9.44. The molecule has 1 aromatic carbocycles. The number of aliphatic hydroxyl groups is 1. The number of nitrogens with one attached hydrogen (secondary N) is 1. The van der Waals surface area contributed by atoms with Gasteiger partial charge in [0, 0.05) is 25.2 Å². The van der Waals surface area contributed by atoms with Crippen LogP contribution in [0.5, 0.6) is 0 Å². The van der Waals surface area contributed by atoms with Crippen LogP contribution in [0.4, 0.5) is 5.69 Å². The summed E-state index contributed by atoms with van der Waals surface area (Å²) in [5.41, 5.74) is 1.08. The predicted octanol–water partition coefficient (Wildman–Crippen LogP) is 2.56. The van der Waals surface area contributed by atoms with Gasteiger partial charge in [0.05, 0.1) is 12.0 Å². The van der Waals surface area contributed by atoms with E-state index in [2.05, 4.69) is 5.32 Å². The molecule has 0 aromatic heterocycles. The van der Waals surface area contributed by atoms with Crippen molar-refractivity contribution in [2.75, 3.05) is 18.0 Å². The summed E-state index contributed by atoms with van der Waals surface area (Å²) in [5.74, 6) is 0.102. The second kappa shape index (κ2) is 8.00. The van der Waals surface area contributed by atoms with Crippen LogP contribution >= 0.6 is 0 Å². The quantitative estimate of drug-likeness (QED) is 0.807. The number of nitrogens with zero attached hydrogens (tertiary/aromatic N) is 1. The summed E-state index contributed by atoms with van der Waals surface area (Å²) < 4.78 is 0. The lowest BCUT2D eigenvalue weighted by molar-refractivity contribution is -0.122. The monoisotopic (exact) mass is 344 g/mol. The van der Waals surface area contributed by atoms with Crippen LogP contribution in [0.25, 0.3) is 0 Å².